The van der Waals surface area contributed by atoms with Gasteiger partial charge < -0.3 is 9.84 Å². The molecule has 0 saturated heterocycles. The molecule has 20 heavy (non-hydrogen) atoms. The number of para-hydroxylation sites is 1. The van der Waals surface area contributed by atoms with E-state index < -0.39 is 23.8 Å². The molecule has 0 spiro atoms. The highest BCUT2D eigenvalue weighted by molar-refractivity contribution is 6.31. The second kappa shape index (κ2) is 5.04. The fourth-order valence-electron chi connectivity index (χ4n) is 2.35. The van der Waals surface area contributed by atoms with Crippen LogP contribution in [-0.4, -0.2) is 11.2 Å². The van der Waals surface area contributed by atoms with E-state index in [2.05, 4.69) is 0 Å². The fourth-order valence-corrected chi connectivity index (χ4v) is 2.61. The van der Waals surface area contributed by atoms with Gasteiger partial charge in [-0.15, -0.1) is 0 Å². The second-order valence-corrected chi connectivity index (χ2v) is 5.11. The van der Waals surface area contributed by atoms with Crippen LogP contribution >= 0.6 is 11.6 Å². The Kier molecular flexibility index (Phi) is 3.36. The van der Waals surface area contributed by atoms with E-state index in [9.17, 15) is 13.9 Å². The maximum atomic E-state index is 13.3. The van der Waals surface area contributed by atoms with E-state index in [1.54, 1.807) is 6.07 Å². The Labute approximate surface area is 119 Å². The van der Waals surface area contributed by atoms with Crippen molar-refractivity contribution in [1.82, 2.24) is 0 Å². The van der Waals surface area contributed by atoms with E-state index in [1.807, 2.05) is 18.2 Å². The molecule has 2 atom stereocenters. The number of aliphatic hydroxyl groups is 1. The zero-order valence-corrected chi connectivity index (χ0v) is 11.1. The topological polar surface area (TPSA) is 29.5 Å². The quantitative estimate of drug-likeness (QED) is 0.857. The predicted octanol–water partition coefficient (Wildman–Crippen LogP) is 3.66. The molecule has 2 nitrogen and oxygen atoms in total. The molecule has 0 bridgehead atoms. The fraction of sp³-hybridized carbons (Fsp3) is 0.200. The summed E-state index contributed by atoms with van der Waals surface area (Å²) in [7, 11) is 0. The summed E-state index contributed by atoms with van der Waals surface area (Å²) in [5, 5.41) is 10.3. The Balaban J connectivity index is 1.88. The summed E-state index contributed by atoms with van der Waals surface area (Å²) in [6.07, 6.45) is -1.19. The molecule has 5 heteroatoms. The SMILES string of the molecule is OC(c1cc(F)c(F)cc1Cl)C1Cc2ccccc2O1. The zero-order valence-electron chi connectivity index (χ0n) is 10.3. The number of rotatable bonds is 2. The number of fused-ring (bicyclic) bond motifs is 1. The van der Waals surface area contributed by atoms with Crippen molar-refractivity contribution in [2.45, 2.75) is 18.6 Å². The molecule has 2 unspecified atom stereocenters. The molecular weight excluding hydrogens is 286 g/mol. The molecule has 0 aromatic heterocycles. The smallest absolute Gasteiger partial charge is 0.160 e. The van der Waals surface area contributed by atoms with Gasteiger partial charge in [0.2, 0.25) is 0 Å². The molecule has 0 aliphatic carbocycles. The Morgan fingerprint density at radius 2 is 1.90 bits per heavy atom. The van der Waals surface area contributed by atoms with Crippen LogP contribution in [0.1, 0.15) is 17.2 Å². The van der Waals surface area contributed by atoms with Crippen molar-refractivity contribution in [3.8, 4) is 5.75 Å². The maximum Gasteiger partial charge on any atom is 0.160 e. The van der Waals surface area contributed by atoms with Crippen molar-refractivity contribution in [3.05, 3.63) is 64.2 Å². The van der Waals surface area contributed by atoms with Crippen LogP contribution < -0.4 is 4.74 Å². The number of hydrogen-bond donors (Lipinski definition) is 1. The molecule has 2 aromatic carbocycles. The van der Waals surface area contributed by atoms with E-state index >= 15 is 0 Å². The summed E-state index contributed by atoms with van der Waals surface area (Å²) in [4.78, 5) is 0. The van der Waals surface area contributed by atoms with Crippen LogP contribution in [0.3, 0.4) is 0 Å². The lowest BCUT2D eigenvalue weighted by molar-refractivity contribution is 0.0490. The van der Waals surface area contributed by atoms with Gasteiger partial charge in [-0.2, -0.15) is 0 Å². The monoisotopic (exact) mass is 296 g/mol. The first-order valence-corrected chi connectivity index (χ1v) is 6.51. The summed E-state index contributed by atoms with van der Waals surface area (Å²) < 4.78 is 32.0. The van der Waals surface area contributed by atoms with Gasteiger partial charge in [-0.05, 0) is 23.8 Å². The Morgan fingerprint density at radius 3 is 2.65 bits per heavy atom. The van der Waals surface area contributed by atoms with Crippen molar-refractivity contribution in [1.29, 1.82) is 0 Å². The highest BCUT2D eigenvalue weighted by atomic mass is 35.5. The molecule has 1 aliphatic heterocycles. The van der Waals surface area contributed by atoms with E-state index in [0.29, 0.717) is 12.2 Å². The third kappa shape index (κ3) is 2.25. The summed E-state index contributed by atoms with van der Waals surface area (Å²) in [5.74, 6) is -1.39. The molecule has 3 rings (SSSR count). The lowest BCUT2D eigenvalue weighted by Crippen LogP contribution is -2.23. The number of ether oxygens (including phenoxy) is 1. The average Bonchev–Trinajstić information content (AvgIpc) is 2.86. The standard InChI is InChI=1S/C15H11ClF2O2/c16-10-7-12(18)11(17)6-9(10)15(19)14-5-8-3-1-2-4-13(8)20-14/h1-4,6-7,14-15,19H,5H2. The zero-order chi connectivity index (χ0) is 14.3. The minimum atomic E-state index is -1.12. The first-order chi connectivity index (χ1) is 9.56. The van der Waals surface area contributed by atoms with Crippen LogP contribution in [-0.2, 0) is 6.42 Å². The minimum Gasteiger partial charge on any atom is -0.487 e. The van der Waals surface area contributed by atoms with Crippen molar-refractivity contribution >= 4 is 11.6 Å². The summed E-state index contributed by atoms with van der Waals surface area (Å²) >= 11 is 5.86. The van der Waals surface area contributed by atoms with Crippen molar-refractivity contribution in [2.24, 2.45) is 0 Å². The molecule has 1 heterocycles. The van der Waals surface area contributed by atoms with E-state index in [0.717, 1.165) is 17.7 Å². The van der Waals surface area contributed by atoms with Gasteiger partial charge in [0.15, 0.2) is 11.6 Å². The van der Waals surface area contributed by atoms with E-state index in [1.165, 1.54) is 0 Å². The van der Waals surface area contributed by atoms with Crippen LogP contribution in [0.15, 0.2) is 36.4 Å². The molecule has 0 amide bonds. The van der Waals surface area contributed by atoms with Gasteiger partial charge in [-0.3, -0.25) is 0 Å². The first-order valence-electron chi connectivity index (χ1n) is 6.13. The van der Waals surface area contributed by atoms with Crippen LogP contribution in [0.2, 0.25) is 5.02 Å². The molecule has 0 radical (unpaired) electrons. The number of aliphatic hydroxyl groups excluding tert-OH is 1. The summed E-state index contributed by atoms with van der Waals surface area (Å²) in [6, 6.07) is 9.18. The van der Waals surface area contributed by atoms with Gasteiger partial charge >= 0.3 is 0 Å². The molecule has 2 aromatic rings. The lowest BCUT2D eigenvalue weighted by Gasteiger charge is -2.19. The Bertz CT molecular complexity index is 635. The summed E-state index contributed by atoms with van der Waals surface area (Å²) in [6.45, 7) is 0. The molecule has 0 saturated carbocycles. The molecule has 104 valence electrons. The van der Waals surface area contributed by atoms with E-state index in [4.69, 9.17) is 16.3 Å². The Hall–Kier alpha value is -1.65. The second-order valence-electron chi connectivity index (χ2n) is 4.70. The first kappa shape index (κ1) is 13.3. The van der Waals surface area contributed by atoms with Crippen molar-refractivity contribution in [2.75, 3.05) is 0 Å². The number of halogens is 3. The molecule has 1 N–H and O–H groups in total. The predicted molar refractivity (Wildman–Crippen MR) is 70.9 cm³/mol. The van der Waals surface area contributed by atoms with Crippen LogP contribution in [0.25, 0.3) is 0 Å². The summed E-state index contributed by atoms with van der Waals surface area (Å²) in [5.41, 5.74) is 1.10. The normalized spacial score (nSPS) is 18.5. The van der Waals surface area contributed by atoms with Gasteiger partial charge in [0.05, 0.1) is 0 Å². The van der Waals surface area contributed by atoms with Gasteiger partial charge in [-0.25, -0.2) is 8.78 Å². The molecular formula is C15H11ClF2O2. The average molecular weight is 297 g/mol. The van der Waals surface area contributed by atoms with Gasteiger partial charge in [0, 0.05) is 17.0 Å². The van der Waals surface area contributed by atoms with Crippen molar-refractivity contribution < 1.29 is 18.6 Å². The highest BCUT2D eigenvalue weighted by Gasteiger charge is 2.31. The third-order valence-electron chi connectivity index (χ3n) is 3.38. The largest absolute Gasteiger partial charge is 0.487 e. The maximum absolute atomic E-state index is 13.3. The van der Waals surface area contributed by atoms with Crippen LogP contribution in [0.4, 0.5) is 8.78 Å². The molecule has 1 aliphatic rings. The van der Waals surface area contributed by atoms with Gasteiger partial charge in [-0.1, -0.05) is 29.8 Å². The minimum absolute atomic E-state index is 0.0176. The van der Waals surface area contributed by atoms with Gasteiger partial charge in [0.1, 0.15) is 18.0 Å². The highest BCUT2D eigenvalue weighted by Crippen LogP contribution is 2.36. The third-order valence-corrected chi connectivity index (χ3v) is 3.71. The lowest BCUT2D eigenvalue weighted by atomic mass is 10.00. The Morgan fingerprint density at radius 1 is 1.20 bits per heavy atom. The van der Waals surface area contributed by atoms with Crippen LogP contribution in [0, 0.1) is 11.6 Å². The van der Waals surface area contributed by atoms with Gasteiger partial charge in [0.25, 0.3) is 0 Å². The van der Waals surface area contributed by atoms with Crippen molar-refractivity contribution in [3.63, 3.8) is 0 Å². The number of hydrogen-bond acceptors (Lipinski definition) is 2. The molecule has 0 fully saturated rings. The number of benzene rings is 2. The van der Waals surface area contributed by atoms with Crippen LogP contribution in [0.5, 0.6) is 5.75 Å². The van der Waals surface area contributed by atoms with E-state index in [-0.39, 0.29) is 10.6 Å².